The van der Waals surface area contributed by atoms with E-state index in [2.05, 4.69) is 46.9 Å². The van der Waals surface area contributed by atoms with Crippen LogP contribution in [-0.4, -0.2) is 103 Å². The Hall–Kier alpha value is -1.79. The molecular formula is C39H60F3N3O6. The lowest BCUT2D eigenvalue weighted by molar-refractivity contribution is -0.184. The van der Waals surface area contributed by atoms with Gasteiger partial charge in [0.25, 0.3) is 0 Å². The molecule has 3 heterocycles. The third kappa shape index (κ3) is 5.24. The average Bonchev–Trinajstić information content (AvgIpc) is 3.63. The highest BCUT2D eigenvalue weighted by molar-refractivity contribution is 5.69. The van der Waals surface area contributed by atoms with Crippen LogP contribution in [0.3, 0.4) is 0 Å². The molecule has 5 saturated carbocycles. The van der Waals surface area contributed by atoms with E-state index in [1.165, 1.54) is 4.90 Å². The van der Waals surface area contributed by atoms with Crippen LogP contribution in [0.4, 0.5) is 22.8 Å². The summed E-state index contributed by atoms with van der Waals surface area (Å²) in [6.07, 6.45) is 3.28. The van der Waals surface area contributed by atoms with Gasteiger partial charge in [-0.3, -0.25) is 4.90 Å². The zero-order valence-electron chi connectivity index (χ0n) is 31.4. The zero-order valence-corrected chi connectivity index (χ0v) is 31.4. The second-order valence-corrected chi connectivity index (χ2v) is 19.5. The molecule has 3 aliphatic heterocycles. The van der Waals surface area contributed by atoms with Gasteiger partial charge in [-0.05, 0) is 104 Å². The van der Waals surface area contributed by atoms with Crippen molar-refractivity contribution in [2.75, 3.05) is 32.7 Å². The van der Waals surface area contributed by atoms with E-state index in [0.717, 1.165) is 77.3 Å². The SMILES string of the molecule is CC(C)C(OC(=O)N1CCC1)C1CC[C@H]2C(O1)[C@H](O)[C@@]1(C)C3CC[C@H]4C(C)(C)C(OC(=O)NC5CN(CC(F)(F)F)C5)CCC45CC35CCC21C. The molecule has 2 spiro atoms. The molecule has 5 aliphatic carbocycles. The number of halogens is 3. The molecule has 2 amide bonds. The van der Waals surface area contributed by atoms with Crippen LogP contribution >= 0.6 is 0 Å². The van der Waals surface area contributed by atoms with Crippen LogP contribution in [0.25, 0.3) is 0 Å². The van der Waals surface area contributed by atoms with Gasteiger partial charge in [0.15, 0.2) is 0 Å². The topological polar surface area (TPSA) is 101 Å². The van der Waals surface area contributed by atoms with Crippen LogP contribution < -0.4 is 5.32 Å². The van der Waals surface area contributed by atoms with Gasteiger partial charge in [0.2, 0.25) is 0 Å². The number of aliphatic hydroxyl groups excluding tert-OH is 1. The van der Waals surface area contributed by atoms with Crippen molar-refractivity contribution in [2.45, 2.75) is 148 Å². The lowest BCUT2D eigenvalue weighted by Gasteiger charge is -2.63. The number of nitrogens with one attached hydrogen (secondary N) is 1. The molecule has 3 saturated heterocycles. The van der Waals surface area contributed by atoms with Crippen LogP contribution in [0, 0.1) is 50.7 Å². The molecule has 0 aromatic heterocycles. The first kappa shape index (κ1) is 36.2. The number of ether oxygens (including phenoxy) is 3. The summed E-state index contributed by atoms with van der Waals surface area (Å²) in [6.45, 7) is 14.4. The molecule has 0 bridgehead atoms. The summed E-state index contributed by atoms with van der Waals surface area (Å²) in [6, 6.07) is -0.324. The highest BCUT2D eigenvalue weighted by Crippen LogP contribution is 2.89. The fourth-order valence-corrected chi connectivity index (χ4v) is 13.9. The van der Waals surface area contributed by atoms with Gasteiger partial charge in [-0.1, -0.05) is 41.5 Å². The summed E-state index contributed by atoms with van der Waals surface area (Å²) in [7, 11) is 0. The van der Waals surface area contributed by atoms with Gasteiger partial charge in [0, 0.05) is 37.0 Å². The molecular weight excluding hydrogens is 663 g/mol. The van der Waals surface area contributed by atoms with Gasteiger partial charge in [0.1, 0.15) is 12.2 Å². The Morgan fingerprint density at radius 1 is 0.961 bits per heavy atom. The van der Waals surface area contributed by atoms with E-state index < -0.39 is 24.9 Å². The summed E-state index contributed by atoms with van der Waals surface area (Å²) < 4.78 is 57.3. The predicted octanol–water partition coefficient (Wildman–Crippen LogP) is 6.76. The van der Waals surface area contributed by atoms with Crippen molar-refractivity contribution in [3.63, 3.8) is 0 Å². The van der Waals surface area contributed by atoms with Crippen molar-refractivity contribution < 1.29 is 42.1 Å². The minimum atomic E-state index is -4.24. The molecule has 288 valence electrons. The number of alkyl carbamates (subject to hydrolysis) is 1. The second-order valence-electron chi connectivity index (χ2n) is 19.5. The van der Waals surface area contributed by atoms with Crippen molar-refractivity contribution in [1.82, 2.24) is 15.1 Å². The molecule has 8 rings (SSSR count). The van der Waals surface area contributed by atoms with Gasteiger partial charge in [-0.25, -0.2) is 9.59 Å². The standard InChI is InChI=1S/C39H60F3N3O6/c1-22(2)29(51-33(48)45-16-7-17-45)25-9-8-24-30(49-25)31(46)36(6)27-11-10-26-34(3,4)28(12-13-37(26)20-38(27,37)15-14-35(24,36)5)50-32(47)43-23-18-44(19-23)21-39(40,41)42/h22-31,46H,7-21H2,1-6H3,(H,43,47)/t24-,25?,26-,27?,28?,29?,30?,31-,35?,36+,37?,38?/m0/s1. The number of hydrogen-bond acceptors (Lipinski definition) is 7. The van der Waals surface area contributed by atoms with E-state index in [1.807, 2.05) is 0 Å². The molecule has 0 aromatic carbocycles. The number of nitrogens with zero attached hydrogens (tertiary/aromatic N) is 2. The van der Waals surface area contributed by atoms with Crippen molar-refractivity contribution in [3.05, 3.63) is 0 Å². The fourth-order valence-electron chi connectivity index (χ4n) is 13.9. The van der Waals surface area contributed by atoms with Gasteiger partial charge < -0.3 is 29.5 Å². The average molecular weight is 724 g/mol. The largest absolute Gasteiger partial charge is 0.446 e. The first-order chi connectivity index (χ1) is 23.9. The van der Waals surface area contributed by atoms with Crippen molar-refractivity contribution >= 4 is 12.2 Å². The maximum absolute atomic E-state index is 13.0. The number of hydrogen-bond donors (Lipinski definition) is 2. The summed E-state index contributed by atoms with van der Waals surface area (Å²) >= 11 is 0. The first-order valence-corrected chi connectivity index (χ1v) is 19.9. The van der Waals surface area contributed by atoms with E-state index in [1.54, 1.807) is 4.90 Å². The van der Waals surface area contributed by atoms with Crippen LogP contribution in [0.15, 0.2) is 0 Å². The van der Waals surface area contributed by atoms with E-state index in [0.29, 0.717) is 11.8 Å². The number of alkyl halides is 3. The number of carbonyl (C=O) groups is 2. The van der Waals surface area contributed by atoms with Crippen LogP contribution in [-0.2, 0) is 14.2 Å². The maximum atomic E-state index is 13.0. The Labute approximate surface area is 301 Å². The normalized spacial score (nSPS) is 46.3. The van der Waals surface area contributed by atoms with Crippen LogP contribution in [0.1, 0.15) is 106 Å². The first-order valence-electron chi connectivity index (χ1n) is 19.9. The Morgan fingerprint density at radius 3 is 2.29 bits per heavy atom. The van der Waals surface area contributed by atoms with Gasteiger partial charge in [-0.15, -0.1) is 0 Å². The molecule has 12 atom stereocenters. The summed E-state index contributed by atoms with van der Waals surface area (Å²) in [5, 5.41) is 15.3. The third-order valence-corrected chi connectivity index (χ3v) is 16.7. The Bertz CT molecular complexity index is 1400. The number of carbonyl (C=O) groups excluding carboxylic acids is 2. The lowest BCUT2D eigenvalue weighted by atomic mass is 9.41. The Balaban J connectivity index is 0.949. The molecule has 0 radical (unpaired) electrons. The molecule has 12 heteroatoms. The highest BCUT2D eigenvalue weighted by atomic mass is 19.4. The number of fused-ring (bicyclic) bond motifs is 4. The Kier molecular flexibility index (Phi) is 8.41. The van der Waals surface area contributed by atoms with Crippen molar-refractivity contribution in [2.24, 2.45) is 50.7 Å². The number of aliphatic hydroxyl groups is 1. The molecule has 0 aromatic rings. The monoisotopic (exact) mass is 723 g/mol. The number of rotatable bonds is 6. The molecule has 2 N–H and O–H groups in total. The maximum Gasteiger partial charge on any atom is 0.410 e. The predicted molar refractivity (Wildman–Crippen MR) is 183 cm³/mol. The quantitative estimate of drug-likeness (QED) is 0.313. The second kappa shape index (κ2) is 11.9. The van der Waals surface area contributed by atoms with E-state index >= 15 is 0 Å². The van der Waals surface area contributed by atoms with E-state index in [4.69, 9.17) is 14.2 Å². The van der Waals surface area contributed by atoms with Gasteiger partial charge >= 0.3 is 18.4 Å². The smallest absolute Gasteiger partial charge is 0.410 e. The van der Waals surface area contributed by atoms with Crippen molar-refractivity contribution in [3.8, 4) is 0 Å². The summed E-state index contributed by atoms with van der Waals surface area (Å²) in [5.74, 6) is 1.13. The Morgan fingerprint density at radius 2 is 1.65 bits per heavy atom. The zero-order chi connectivity index (χ0) is 36.5. The minimum Gasteiger partial charge on any atom is -0.446 e. The third-order valence-electron chi connectivity index (χ3n) is 16.7. The van der Waals surface area contributed by atoms with Crippen molar-refractivity contribution in [1.29, 1.82) is 0 Å². The van der Waals surface area contributed by atoms with Crippen LogP contribution in [0.2, 0.25) is 0 Å². The molecule has 8 aliphatic rings. The lowest BCUT2D eigenvalue weighted by Crippen LogP contribution is -2.62. The molecule has 8 fully saturated rings. The van der Waals surface area contributed by atoms with E-state index in [-0.39, 0.29) is 88.6 Å². The molecule has 51 heavy (non-hydrogen) atoms. The fraction of sp³-hybridized carbons (Fsp3) is 0.949. The van der Waals surface area contributed by atoms with E-state index in [9.17, 15) is 27.9 Å². The summed E-state index contributed by atoms with van der Waals surface area (Å²) in [5.41, 5.74) is -0.279. The highest BCUT2D eigenvalue weighted by Gasteiger charge is 2.84. The van der Waals surface area contributed by atoms with Gasteiger partial charge in [0.05, 0.1) is 30.9 Å². The number of likely N-dealkylation sites (tertiary alicyclic amines) is 2. The summed E-state index contributed by atoms with van der Waals surface area (Å²) in [4.78, 5) is 28.9. The van der Waals surface area contributed by atoms with Gasteiger partial charge in [-0.2, -0.15) is 13.2 Å². The molecule has 9 nitrogen and oxygen atoms in total. The molecule has 8 unspecified atom stereocenters. The minimum absolute atomic E-state index is 0.0542. The number of amides is 2. The van der Waals surface area contributed by atoms with Crippen LogP contribution in [0.5, 0.6) is 0 Å².